The number of hydrogen-bond acceptors (Lipinski definition) is 5. The Labute approximate surface area is 172 Å². The highest BCUT2D eigenvalue weighted by molar-refractivity contribution is 5.90. The molecule has 0 fully saturated rings. The number of nitrogens with zero attached hydrogens (tertiary/aromatic N) is 2. The molecule has 0 bridgehead atoms. The molecule has 0 aromatic heterocycles. The Bertz CT molecular complexity index is 1140. The highest BCUT2D eigenvalue weighted by atomic mass is 16.6. The van der Waals surface area contributed by atoms with Crippen LogP contribution >= 0.6 is 0 Å². The highest BCUT2D eigenvalue weighted by Crippen LogP contribution is 2.23. The molecule has 0 spiro atoms. The van der Waals surface area contributed by atoms with Crippen molar-refractivity contribution < 1.29 is 19.6 Å². The van der Waals surface area contributed by atoms with Gasteiger partial charge in [-0.05, 0) is 47.0 Å². The number of ether oxygens (including phenoxy) is 1. The summed E-state index contributed by atoms with van der Waals surface area (Å²) in [5, 5.41) is 29.3. The van der Waals surface area contributed by atoms with Crippen molar-refractivity contribution in [1.82, 2.24) is 0 Å². The highest BCUT2D eigenvalue weighted by Gasteiger charge is 2.09. The Morgan fingerprint density at radius 3 is 2.37 bits per heavy atom. The average molecular weight is 400 g/mol. The lowest BCUT2D eigenvalue weighted by molar-refractivity contribution is -0.384. The Kier molecular flexibility index (Phi) is 6.20. The van der Waals surface area contributed by atoms with Crippen molar-refractivity contribution in [2.45, 2.75) is 6.61 Å². The van der Waals surface area contributed by atoms with Crippen LogP contribution in [0, 0.1) is 21.4 Å². The molecule has 3 aromatic carbocycles. The number of non-ortho nitro benzene ring substituents is 1. The number of allylic oxidation sites excluding steroid dienone is 1. The third-order valence-electron chi connectivity index (χ3n) is 4.29. The molecule has 0 unspecified atom stereocenters. The largest absolute Gasteiger partial charge is 0.489 e. The van der Waals surface area contributed by atoms with Gasteiger partial charge in [0, 0.05) is 12.1 Å². The van der Waals surface area contributed by atoms with Gasteiger partial charge in [0.1, 0.15) is 12.4 Å². The van der Waals surface area contributed by atoms with E-state index < -0.39 is 10.9 Å². The van der Waals surface area contributed by atoms with Gasteiger partial charge in [-0.2, -0.15) is 5.26 Å². The van der Waals surface area contributed by atoms with Gasteiger partial charge >= 0.3 is 5.97 Å². The molecule has 0 aliphatic carbocycles. The van der Waals surface area contributed by atoms with E-state index in [0.29, 0.717) is 16.9 Å². The van der Waals surface area contributed by atoms with E-state index in [9.17, 15) is 20.2 Å². The van der Waals surface area contributed by atoms with Crippen LogP contribution in [0.1, 0.15) is 27.0 Å². The van der Waals surface area contributed by atoms with Crippen LogP contribution in [-0.4, -0.2) is 16.0 Å². The van der Waals surface area contributed by atoms with E-state index in [1.165, 1.54) is 24.3 Å². The molecule has 3 rings (SSSR count). The van der Waals surface area contributed by atoms with Crippen LogP contribution in [0.2, 0.25) is 0 Å². The molecule has 0 atom stereocenters. The van der Waals surface area contributed by atoms with Gasteiger partial charge in [0.05, 0.1) is 22.1 Å². The van der Waals surface area contributed by atoms with Crippen molar-refractivity contribution in [2.75, 3.05) is 0 Å². The lowest BCUT2D eigenvalue weighted by Crippen LogP contribution is -1.98. The normalized spacial score (nSPS) is 10.8. The maximum atomic E-state index is 10.9. The number of nitro groups is 1. The molecule has 30 heavy (non-hydrogen) atoms. The van der Waals surface area contributed by atoms with Crippen LogP contribution in [0.5, 0.6) is 5.75 Å². The molecule has 0 heterocycles. The van der Waals surface area contributed by atoms with Gasteiger partial charge in [-0.25, -0.2) is 4.79 Å². The molecule has 7 heteroatoms. The Balaban J connectivity index is 1.70. The number of rotatable bonds is 7. The van der Waals surface area contributed by atoms with Gasteiger partial charge in [0.2, 0.25) is 0 Å². The SMILES string of the molecule is N#CC(=Cc1ccc(OCc2ccc(C(=O)O)cc2)cc1)c1cccc([N+](=O)[O-])c1. The summed E-state index contributed by atoms with van der Waals surface area (Å²) in [5.74, 6) is -0.365. The van der Waals surface area contributed by atoms with Crippen molar-refractivity contribution in [1.29, 1.82) is 5.26 Å². The predicted molar refractivity (Wildman–Crippen MR) is 111 cm³/mol. The van der Waals surface area contributed by atoms with E-state index in [1.54, 1.807) is 54.6 Å². The van der Waals surface area contributed by atoms with Crippen LogP contribution in [0.15, 0.2) is 72.8 Å². The molecule has 0 aliphatic heterocycles. The molecular formula is C23H16N2O5. The average Bonchev–Trinajstić information content (AvgIpc) is 2.77. The van der Waals surface area contributed by atoms with E-state index in [0.717, 1.165) is 11.1 Å². The smallest absolute Gasteiger partial charge is 0.335 e. The van der Waals surface area contributed by atoms with E-state index in [-0.39, 0.29) is 17.9 Å². The van der Waals surface area contributed by atoms with E-state index >= 15 is 0 Å². The first kappa shape index (κ1) is 20.3. The number of benzene rings is 3. The van der Waals surface area contributed by atoms with Crippen LogP contribution in [-0.2, 0) is 6.61 Å². The number of carboxylic acids is 1. The van der Waals surface area contributed by atoms with Crippen molar-refractivity contribution in [3.63, 3.8) is 0 Å². The minimum absolute atomic E-state index is 0.0752. The zero-order chi connectivity index (χ0) is 21.5. The molecule has 3 aromatic rings. The van der Waals surface area contributed by atoms with Crippen molar-refractivity contribution >= 4 is 23.3 Å². The van der Waals surface area contributed by atoms with Crippen molar-refractivity contribution in [3.8, 4) is 11.8 Å². The first-order chi connectivity index (χ1) is 14.5. The molecule has 0 aliphatic rings. The lowest BCUT2D eigenvalue weighted by atomic mass is 10.0. The second kappa shape index (κ2) is 9.17. The third kappa shape index (κ3) is 5.09. The van der Waals surface area contributed by atoms with Gasteiger partial charge in [-0.1, -0.05) is 36.4 Å². The number of aromatic carboxylic acids is 1. The third-order valence-corrected chi connectivity index (χ3v) is 4.29. The summed E-state index contributed by atoms with van der Waals surface area (Å²) in [6.07, 6.45) is 1.65. The van der Waals surface area contributed by atoms with Crippen LogP contribution in [0.3, 0.4) is 0 Å². The Morgan fingerprint density at radius 2 is 1.77 bits per heavy atom. The first-order valence-electron chi connectivity index (χ1n) is 8.88. The maximum absolute atomic E-state index is 10.9. The molecule has 0 saturated carbocycles. The summed E-state index contributed by atoms with van der Waals surface area (Å²) in [5.41, 5.74) is 2.50. The molecule has 0 saturated heterocycles. The number of carbonyl (C=O) groups is 1. The number of nitro benzene ring substituents is 1. The minimum Gasteiger partial charge on any atom is -0.489 e. The number of carboxylic acid groups (broad SMARTS) is 1. The quantitative estimate of drug-likeness (QED) is 0.260. The second-order valence-electron chi connectivity index (χ2n) is 6.34. The zero-order valence-electron chi connectivity index (χ0n) is 15.7. The van der Waals surface area contributed by atoms with E-state index in [4.69, 9.17) is 9.84 Å². The first-order valence-corrected chi connectivity index (χ1v) is 8.88. The van der Waals surface area contributed by atoms with Crippen molar-refractivity contribution in [2.24, 2.45) is 0 Å². The topological polar surface area (TPSA) is 113 Å². The summed E-state index contributed by atoms with van der Waals surface area (Å²) in [7, 11) is 0. The van der Waals surface area contributed by atoms with Crippen LogP contribution in [0.4, 0.5) is 5.69 Å². The predicted octanol–water partition coefficient (Wildman–Crippen LogP) is 4.94. The van der Waals surface area contributed by atoms with Gasteiger partial charge < -0.3 is 9.84 Å². The lowest BCUT2D eigenvalue weighted by Gasteiger charge is -2.07. The molecule has 7 nitrogen and oxygen atoms in total. The standard InChI is InChI=1S/C23H16N2O5/c24-14-20(19-2-1-3-21(13-19)25(28)29)12-16-6-10-22(11-7-16)30-15-17-4-8-18(9-5-17)23(26)27/h1-13H,15H2,(H,26,27). The second-order valence-corrected chi connectivity index (χ2v) is 6.34. The van der Waals surface area contributed by atoms with Gasteiger partial charge in [0.15, 0.2) is 0 Å². The molecule has 148 valence electrons. The fraction of sp³-hybridized carbons (Fsp3) is 0.0435. The Morgan fingerprint density at radius 1 is 1.07 bits per heavy atom. The fourth-order valence-corrected chi connectivity index (χ4v) is 2.70. The van der Waals surface area contributed by atoms with Crippen LogP contribution in [0.25, 0.3) is 11.6 Å². The van der Waals surface area contributed by atoms with Crippen molar-refractivity contribution in [3.05, 3.63) is 105 Å². The number of hydrogen-bond donors (Lipinski definition) is 1. The van der Waals surface area contributed by atoms with Crippen LogP contribution < -0.4 is 4.74 Å². The summed E-state index contributed by atoms with van der Waals surface area (Å²) in [6, 6.07) is 21.5. The molecular weight excluding hydrogens is 384 g/mol. The summed E-state index contributed by atoms with van der Waals surface area (Å²) < 4.78 is 5.70. The van der Waals surface area contributed by atoms with E-state index in [2.05, 4.69) is 6.07 Å². The van der Waals surface area contributed by atoms with Gasteiger partial charge in [-0.3, -0.25) is 10.1 Å². The molecule has 1 N–H and O–H groups in total. The molecule has 0 amide bonds. The minimum atomic E-state index is -0.979. The summed E-state index contributed by atoms with van der Waals surface area (Å²) in [4.78, 5) is 21.3. The van der Waals surface area contributed by atoms with E-state index in [1.807, 2.05) is 0 Å². The zero-order valence-corrected chi connectivity index (χ0v) is 15.7. The monoisotopic (exact) mass is 400 g/mol. The molecule has 0 radical (unpaired) electrons. The number of nitriles is 1. The van der Waals surface area contributed by atoms with Gasteiger partial charge in [-0.15, -0.1) is 0 Å². The Hall–Kier alpha value is -4.44. The fourth-order valence-electron chi connectivity index (χ4n) is 2.70. The summed E-state index contributed by atoms with van der Waals surface area (Å²) >= 11 is 0. The summed E-state index contributed by atoms with van der Waals surface area (Å²) in [6.45, 7) is 0.284. The van der Waals surface area contributed by atoms with Gasteiger partial charge in [0.25, 0.3) is 5.69 Å². The maximum Gasteiger partial charge on any atom is 0.335 e.